The number of thioether (sulfide) groups is 1. The van der Waals surface area contributed by atoms with Gasteiger partial charge in [0.1, 0.15) is 23.6 Å². The molecule has 0 bridgehead atoms. The van der Waals surface area contributed by atoms with Gasteiger partial charge in [-0.05, 0) is 55.4 Å². The number of hydrogen-bond donors (Lipinski definition) is 1. The van der Waals surface area contributed by atoms with Crippen LogP contribution in [0.2, 0.25) is 0 Å². The Morgan fingerprint density at radius 1 is 1.02 bits per heavy atom. The first-order valence-electron chi connectivity index (χ1n) is 14.3. The third kappa shape index (κ3) is 7.35. The molecule has 0 aliphatic carbocycles. The zero-order chi connectivity index (χ0) is 32.5. The summed E-state index contributed by atoms with van der Waals surface area (Å²) in [4.78, 5) is 54.8. The quantitative estimate of drug-likeness (QED) is 0.254. The minimum absolute atomic E-state index is 0.0372. The van der Waals surface area contributed by atoms with Crippen LogP contribution in [-0.4, -0.2) is 76.0 Å². The minimum Gasteiger partial charge on any atom is -0.451 e. The van der Waals surface area contributed by atoms with Crippen molar-refractivity contribution in [3.05, 3.63) is 94.4 Å². The molecule has 0 radical (unpaired) electrons. The monoisotopic (exact) mass is 643 g/mol. The van der Waals surface area contributed by atoms with Gasteiger partial charge >= 0.3 is 18.2 Å². The Morgan fingerprint density at radius 3 is 2.18 bits per heavy atom. The minimum atomic E-state index is -4.56. The number of nitrogens with zero attached hydrogens (tertiary/aromatic N) is 2. The maximum atomic E-state index is 14.1. The lowest BCUT2D eigenvalue weighted by Crippen LogP contribution is -2.74. The van der Waals surface area contributed by atoms with Crippen LogP contribution in [0, 0.1) is 0 Å². The van der Waals surface area contributed by atoms with Crippen molar-refractivity contribution in [3.8, 4) is 0 Å². The fraction of sp³-hybridized carbons (Fsp3) is 0.375. The second-order valence-electron chi connectivity index (χ2n) is 11.8. The average molecular weight is 644 g/mol. The summed E-state index contributed by atoms with van der Waals surface area (Å²) < 4.78 is 50.5. The summed E-state index contributed by atoms with van der Waals surface area (Å²) in [5.41, 5.74) is 0.857. The van der Waals surface area contributed by atoms with E-state index in [0.29, 0.717) is 16.0 Å². The Bertz CT molecular complexity index is 1480. The molecule has 3 atom stereocenters. The number of benzene rings is 2. The van der Waals surface area contributed by atoms with Crippen LogP contribution in [0.1, 0.15) is 44.4 Å². The van der Waals surface area contributed by atoms with Gasteiger partial charge in [-0.2, -0.15) is 13.2 Å². The normalized spacial score (nSPS) is 22.6. The molecule has 238 valence electrons. The van der Waals surface area contributed by atoms with Crippen LogP contribution < -0.4 is 5.32 Å². The third-order valence-corrected chi connectivity index (χ3v) is 8.46. The van der Waals surface area contributed by atoms with Gasteiger partial charge in [0.25, 0.3) is 0 Å². The van der Waals surface area contributed by atoms with Crippen molar-refractivity contribution in [2.45, 2.75) is 62.5 Å². The fourth-order valence-corrected chi connectivity index (χ4v) is 6.53. The molecule has 3 amide bonds. The Morgan fingerprint density at radius 2 is 1.62 bits per heavy atom. The van der Waals surface area contributed by atoms with Crippen molar-refractivity contribution in [1.82, 2.24) is 15.1 Å². The van der Waals surface area contributed by atoms with Crippen LogP contribution in [-0.2, 0) is 23.9 Å². The molecular formula is C32H32F3N3O6S. The van der Waals surface area contributed by atoms with Crippen LogP contribution in [0.4, 0.5) is 18.0 Å². The van der Waals surface area contributed by atoms with E-state index in [0.717, 1.165) is 11.8 Å². The summed E-state index contributed by atoms with van der Waals surface area (Å²) in [7, 11) is 0. The molecule has 5 rings (SSSR count). The Hall–Kier alpha value is -4.26. The second-order valence-corrected chi connectivity index (χ2v) is 12.8. The SMILES string of the molecule is CC(C)(C)OC(=O)N[C@@H]1C(=O)N2[C@@H](C(=O)OC(c3ccccc3)c3ccccc3)C(/C=C3\CCN(CC(F)(F)F)C3=O)=CS[C@H]12. The highest BCUT2D eigenvalue weighted by Gasteiger charge is 2.56. The molecule has 9 nitrogen and oxygen atoms in total. The number of ether oxygens (including phenoxy) is 2. The molecule has 2 aromatic carbocycles. The summed E-state index contributed by atoms with van der Waals surface area (Å²) in [6.07, 6.45) is -4.80. The molecule has 0 unspecified atom stereocenters. The number of β-lactam (4-membered cyclic amide) rings is 1. The number of alkyl carbamates (subject to hydrolysis) is 1. The first-order valence-corrected chi connectivity index (χ1v) is 15.2. The van der Waals surface area contributed by atoms with Crippen molar-refractivity contribution >= 4 is 35.6 Å². The molecule has 3 aliphatic rings. The molecule has 3 heterocycles. The summed E-state index contributed by atoms with van der Waals surface area (Å²) in [5, 5.41) is 3.44. The van der Waals surface area contributed by atoms with E-state index in [1.54, 1.807) is 74.7 Å². The van der Waals surface area contributed by atoms with Gasteiger partial charge in [-0.15, -0.1) is 11.8 Å². The van der Waals surface area contributed by atoms with E-state index in [-0.39, 0.29) is 24.1 Å². The first-order chi connectivity index (χ1) is 21.2. The molecule has 2 saturated heterocycles. The van der Waals surface area contributed by atoms with Crippen LogP contribution in [0.5, 0.6) is 0 Å². The molecule has 13 heteroatoms. The predicted octanol–water partition coefficient (Wildman–Crippen LogP) is 5.10. The molecule has 2 fully saturated rings. The number of carbonyl (C=O) groups excluding carboxylic acids is 4. The largest absolute Gasteiger partial charge is 0.451 e. The molecule has 1 N–H and O–H groups in total. The third-order valence-electron chi connectivity index (χ3n) is 7.28. The zero-order valence-electron chi connectivity index (χ0n) is 24.7. The zero-order valence-corrected chi connectivity index (χ0v) is 25.6. The number of nitrogens with one attached hydrogen (secondary N) is 1. The van der Waals surface area contributed by atoms with Crippen molar-refractivity contribution in [2.24, 2.45) is 0 Å². The van der Waals surface area contributed by atoms with Gasteiger partial charge in [0.15, 0.2) is 12.1 Å². The number of alkyl halides is 3. The summed E-state index contributed by atoms with van der Waals surface area (Å²) in [6, 6.07) is 15.7. The van der Waals surface area contributed by atoms with E-state index < -0.39 is 65.8 Å². The number of carbonyl (C=O) groups is 4. The number of amides is 3. The molecule has 2 aromatic rings. The van der Waals surface area contributed by atoms with Crippen LogP contribution in [0.25, 0.3) is 0 Å². The molecule has 0 spiro atoms. The van der Waals surface area contributed by atoms with Gasteiger partial charge in [-0.25, -0.2) is 9.59 Å². The van der Waals surface area contributed by atoms with E-state index in [4.69, 9.17) is 9.47 Å². The Kier molecular flexibility index (Phi) is 9.02. The van der Waals surface area contributed by atoms with Crippen LogP contribution >= 0.6 is 11.8 Å². The number of hydrogen-bond acceptors (Lipinski definition) is 7. The van der Waals surface area contributed by atoms with E-state index in [1.165, 1.54) is 11.0 Å². The first kappa shape index (κ1) is 32.1. The average Bonchev–Trinajstić information content (AvgIpc) is 3.31. The van der Waals surface area contributed by atoms with E-state index >= 15 is 0 Å². The van der Waals surface area contributed by atoms with Gasteiger partial charge < -0.3 is 24.6 Å². The lowest BCUT2D eigenvalue weighted by Gasteiger charge is -2.51. The van der Waals surface area contributed by atoms with Crippen molar-refractivity contribution in [3.63, 3.8) is 0 Å². The summed E-state index contributed by atoms with van der Waals surface area (Å²) in [6.45, 7) is 3.53. The molecule has 0 aromatic heterocycles. The van der Waals surface area contributed by atoms with Crippen molar-refractivity contribution in [2.75, 3.05) is 13.1 Å². The number of halogens is 3. The van der Waals surface area contributed by atoms with Crippen molar-refractivity contribution in [1.29, 1.82) is 0 Å². The highest BCUT2D eigenvalue weighted by atomic mass is 32.2. The Labute approximate surface area is 262 Å². The second kappa shape index (κ2) is 12.6. The lowest BCUT2D eigenvalue weighted by molar-refractivity contribution is -0.164. The highest BCUT2D eigenvalue weighted by molar-refractivity contribution is 8.03. The molecular weight excluding hydrogens is 611 g/mol. The summed E-state index contributed by atoms with van der Waals surface area (Å²) >= 11 is 1.14. The van der Waals surface area contributed by atoms with Crippen molar-refractivity contribution < 1.29 is 41.8 Å². The number of fused-ring (bicyclic) bond motifs is 1. The van der Waals surface area contributed by atoms with E-state index in [2.05, 4.69) is 5.32 Å². The maximum Gasteiger partial charge on any atom is 0.408 e. The van der Waals surface area contributed by atoms with Gasteiger partial charge in [0.05, 0.1) is 0 Å². The van der Waals surface area contributed by atoms with Gasteiger partial charge in [-0.1, -0.05) is 60.7 Å². The van der Waals surface area contributed by atoms with E-state index in [9.17, 15) is 32.3 Å². The standard InChI is InChI=1S/C32H32F3N3O6S/c1-31(2,3)44-30(42)36-23-27(40)38-24(29(41)43-25(19-10-6-4-7-11-19)20-12-8-5-9-13-20)22(17-45-28(23)38)16-21-14-15-37(26(21)39)18-32(33,34)35/h4-13,16-17,23-25,28H,14-15,18H2,1-3H3,(H,36,42)/b21-16+/t23-,24-,28-/m1/s1. The van der Waals surface area contributed by atoms with Gasteiger partial charge in [-0.3, -0.25) is 9.59 Å². The highest BCUT2D eigenvalue weighted by Crippen LogP contribution is 2.42. The number of esters is 1. The number of rotatable bonds is 7. The molecule has 45 heavy (non-hydrogen) atoms. The molecule has 0 saturated carbocycles. The van der Waals surface area contributed by atoms with Crippen LogP contribution in [0.3, 0.4) is 0 Å². The lowest BCUT2D eigenvalue weighted by atomic mass is 9.95. The van der Waals surface area contributed by atoms with E-state index in [1.807, 2.05) is 12.1 Å². The predicted molar refractivity (Wildman–Crippen MR) is 159 cm³/mol. The van der Waals surface area contributed by atoms with Gasteiger partial charge in [0.2, 0.25) is 11.8 Å². The maximum absolute atomic E-state index is 14.1. The number of likely N-dealkylation sites (tertiary alicyclic amines) is 1. The van der Waals surface area contributed by atoms with Gasteiger partial charge in [0, 0.05) is 12.1 Å². The fourth-order valence-electron chi connectivity index (χ4n) is 5.34. The topological polar surface area (TPSA) is 105 Å². The van der Waals surface area contributed by atoms with Crippen LogP contribution in [0.15, 0.2) is 83.3 Å². The molecule has 3 aliphatic heterocycles. The smallest absolute Gasteiger partial charge is 0.408 e. The Balaban J connectivity index is 1.46. The summed E-state index contributed by atoms with van der Waals surface area (Å²) in [5.74, 6) is -2.17.